The van der Waals surface area contributed by atoms with Crippen LogP contribution in [0.1, 0.15) is 0 Å². The molecule has 18 heteroatoms. The molecule has 0 radical (unpaired) electrons. The molecule has 0 saturated carbocycles. The Labute approximate surface area is 205 Å². The van der Waals surface area contributed by atoms with Gasteiger partial charge in [0.1, 0.15) is 0 Å². The SMILES string of the molecule is FC(F)(F)C(F)(F)C(F)(F)C(F)(F)C(F)(F)C(F)(F)C(F)(F)C(F)(F)[As](c1ccccc1)c1ccccc1. The molecule has 2 aromatic rings. The third-order valence-corrected chi connectivity index (χ3v) is 10.2. The van der Waals surface area contributed by atoms with E-state index in [1.165, 1.54) is 0 Å². The summed E-state index contributed by atoms with van der Waals surface area (Å²) in [4.78, 5) is 0. The summed E-state index contributed by atoms with van der Waals surface area (Å²) in [5, 5.41) is 0. The first kappa shape index (κ1) is 32.0. The minimum atomic E-state index is -8.64. The molecular formula is C20H10AsF17. The monoisotopic (exact) mass is 648 g/mol. The Morgan fingerprint density at radius 2 is 0.605 bits per heavy atom. The van der Waals surface area contributed by atoms with Crippen molar-refractivity contribution in [1.82, 2.24) is 0 Å². The maximum atomic E-state index is 15.1. The number of benzene rings is 2. The van der Waals surface area contributed by atoms with Crippen LogP contribution in [0, 0.1) is 0 Å². The third-order valence-electron chi connectivity index (χ3n) is 5.02. The van der Waals surface area contributed by atoms with E-state index in [2.05, 4.69) is 0 Å². The Morgan fingerprint density at radius 3 is 0.895 bits per heavy atom. The van der Waals surface area contributed by atoms with Gasteiger partial charge in [0.15, 0.2) is 0 Å². The van der Waals surface area contributed by atoms with E-state index < -0.39 is 69.8 Å². The third kappa shape index (κ3) is 4.41. The number of hydrogen-bond acceptors (Lipinski definition) is 0. The fourth-order valence-corrected chi connectivity index (χ4v) is 7.77. The van der Waals surface area contributed by atoms with Crippen molar-refractivity contribution < 1.29 is 74.6 Å². The van der Waals surface area contributed by atoms with Crippen molar-refractivity contribution >= 4 is 23.4 Å². The molecule has 0 saturated heterocycles. The quantitative estimate of drug-likeness (QED) is 0.207. The molecule has 0 heterocycles. The van der Waals surface area contributed by atoms with Gasteiger partial charge in [-0.05, 0) is 0 Å². The molecule has 0 spiro atoms. The second-order valence-corrected chi connectivity index (χ2v) is 12.2. The molecule has 0 amide bonds. The number of rotatable bonds is 9. The molecule has 214 valence electrons. The van der Waals surface area contributed by atoms with Gasteiger partial charge in [0.05, 0.1) is 0 Å². The van der Waals surface area contributed by atoms with Crippen LogP contribution in [0.5, 0.6) is 0 Å². The van der Waals surface area contributed by atoms with Crippen LogP contribution in [0.2, 0.25) is 0 Å². The zero-order valence-corrected chi connectivity index (χ0v) is 19.5. The predicted octanol–water partition coefficient (Wildman–Crippen LogP) is 6.84. The van der Waals surface area contributed by atoms with Crippen LogP contribution in [0.4, 0.5) is 74.6 Å². The molecular weight excluding hydrogens is 638 g/mol. The van der Waals surface area contributed by atoms with Crippen molar-refractivity contribution in [2.24, 2.45) is 0 Å². The zero-order chi connectivity index (χ0) is 29.8. The fraction of sp³-hybridized carbons (Fsp3) is 0.400. The molecule has 0 aliphatic carbocycles. The second kappa shape index (κ2) is 9.47. The van der Waals surface area contributed by atoms with E-state index in [9.17, 15) is 65.9 Å². The van der Waals surface area contributed by atoms with Crippen molar-refractivity contribution in [1.29, 1.82) is 0 Å². The molecule has 0 nitrogen and oxygen atoms in total. The summed E-state index contributed by atoms with van der Waals surface area (Å²) in [6, 6.07) is 8.49. The van der Waals surface area contributed by atoms with Gasteiger partial charge in [-0.15, -0.1) is 0 Å². The summed E-state index contributed by atoms with van der Waals surface area (Å²) >= 11 is -5.37. The summed E-state index contributed by atoms with van der Waals surface area (Å²) in [7, 11) is 0. The summed E-state index contributed by atoms with van der Waals surface area (Å²) in [6.45, 7) is 0. The van der Waals surface area contributed by atoms with E-state index in [0.717, 1.165) is 36.4 Å². The molecule has 0 unspecified atom stereocenters. The van der Waals surface area contributed by atoms with Crippen LogP contribution < -0.4 is 8.70 Å². The molecule has 0 aromatic heterocycles. The number of halogens is 17. The summed E-state index contributed by atoms with van der Waals surface area (Å²) in [5.41, 5.74) is 0. The average molecular weight is 648 g/mol. The molecule has 0 aliphatic rings. The Bertz CT molecular complexity index is 1050. The predicted molar refractivity (Wildman–Crippen MR) is 98.6 cm³/mol. The number of hydrogen-bond donors (Lipinski definition) is 0. The van der Waals surface area contributed by atoms with Crippen LogP contribution in [-0.2, 0) is 0 Å². The standard InChI is InChI=1S/C20H10AsF17/c22-13(23,14(24,25)16(28,29)18(32,33)20(36,37)38)15(26,27)17(30,31)19(34,35)21(11-7-3-1-4-8-11)12-9-5-2-6-10-12/h1-10H. The van der Waals surface area contributed by atoms with Gasteiger partial charge in [0.25, 0.3) is 0 Å². The minimum absolute atomic E-state index is 0.653. The number of alkyl halides is 17. The Balaban J connectivity index is 2.76. The molecule has 0 fully saturated rings. The van der Waals surface area contributed by atoms with Gasteiger partial charge in [-0.3, -0.25) is 0 Å². The van der Waals surface area contributed by atoms with Gasteiger partial charge in [-0.1, -0.05) is 0 Å². The van der Waals surface area contributed by atoms with E-state index in [0.29, 0.717) is 24.3 Å². The van der Waals surface area contributed by atoms with Gasteiger partial charge in [0, 0.05) is 0 Å². The van der Waals surface area contributed by atoms with Crippen LogP contribution >= 0.6 is 0 Å². The fourth-order valence-electron chi connectivity index (χ4n) is 2.92. The Morgan fingerprint density at radius 1 is 0.342 bits per heavy atom. The zero-order valence-electron chi connectivity index (χ0n) is 17.6. The van der Waals surface area contributed by atoms with Crippen LogP contribution in [-0.4, -0.2) is 61.1 Å². The molecule has 2 rings (SSSR count). The van der Waals surface area contributed by atoms with Gasteiger partial charge >= 0.3 is 205 Å². The second-order valence-electron chi connectivity index (χ2n) is 7.49. The molecule has 0 atom stereocenters. The first-order valence-corrected chi connectivity index (χ1v) is 12.3. The van der Waals surface area contributed by atoms with E-state index in [1.54, 1.807) is 0 Å². The maximum absolute atomic E-state index is 15.1. The van der Waals surface area contributed by atoms with Crippen molar-refractivity contribution in [2.45, 2.75) is 46.4 Å². The van der Waals surface area contributed by atoms with E-state index in [-0.39, 0.29) is 0 Å². The van der Waals surface area contributed by atoms with E-state index in [1.807, 2.05) is 0 Å². The van der Waals surface area contributed by atoms with Gasteiger partial charge in [0.2, 0.25) is 0 Å². The van der Waals surface area contributed by atoms with Gasteiger partial charge < -0.3 is 0 Å². The van der Waals surface area contributed by atoms with Gasteiger partial charge in [-0.25, -0.2) is 0 Å². The van der Waals surface area contributed by atoms with E-state index >= 15 is 8.78 Å². The van der Waals surface area contributed by atoms with E-state index in [4.69, 9.17) is 0 Å². The van der Waals surface area contributed by atoms with Gasteiger partial charge in [-0.2, -0.15) is 0 Å². The molecule has 0 N–H and O–H groups in total. The Kier molecular flexibility index (Phi) is 7.98. The van der Waals surface area contributed by atoms with Crippen molar-refractivity contribution in [3.63, 3.8) is 0 Å². The molecule has 0 bridgehead atoms. The van der Waals surface area contributed by atoms with Crippen LogP contribution in [0.25, 0.3) is 0 Å². The summed E-state index contributed by atoms with van der Waals surface area (Å²) < 4.78 is 225. The normalized spacial score (nSPS) is 15.2. The molecule has 2 aromatic carbocycles. The van der Waals surface area contributed by atoms with Crippen molar-refractivity contribution in [3.05, 3.63) is 60.7 Å². The molecule has 0 aliphatic heterocycles. The summed E-state index contributed by atoms with van der Waals surface area (Å²) in [6.07, 6.45) is -7.78. The van der Waals surface area contributed by atoms with Crippen molar-refractivity contribution in [2.75, 3.05) is 0 Å². The molecule has 38 heavy (non-hydrogen) atoms. The van der Waals surface area contributed by atoms with Crippen molar-refractivity contribution in [3.8, 4) is 0 Å². The first-order valence-electron chi connectivity index (χ1n) is 9.45. The first-order chi connectivity index (χ1) is 16.8. The van der Waals surface area contributed by atoms with Crippen LogP contribution in [0.15, 0.2) is 60.7 Å². The topological polar surface area (TPSA) is 0 Å². The van der Waals surface area contributed by atoms with Crippen LogP contribution in [0.3, 0.4) is 0 Å². The summed E-state index contributed by atoms with van der Waals surface area (Å²) in [5.74, 6) is -49.9. The Hall–Kier alpha value is -2.19. The average Bonchev–Trinajstić information content (AvgIpc) is 2.79.